The molecule has 0 radical (unpaired) electrons. The second-order valence-electron chi connectivity index (χ2n) is 4.98. The van der Waals surface area contributed by atoms with Gasteiger partial charge in [0.05, 0.1) is 24.7 Å². The van der Waals surface area contributed by atoms with Crippen LogP contribution in [0.15, 0.2) is 41.1 Å². The van der Waals surface area contributed by atoms with E-state index in [0.717, 1.165) is 30.7 Å². The largest absolute Gasteiger partial charge is 0.467 e. The van der Waals surface area contributed by atoms with E-state index in [2.05, 4.69) is 15.6 Å². The molecule has 1 saturated carbocycles. The fourth-order valence-electron chi connectivity index (χ4n) is 2.07. The number of aromatic nitrogens is 1. The van der Waals surface area contributed by atoms with Crippen LogP contribution in [0.3, 0.4) is 0 Å². The molecule has 1 amide bonds. The first-order valence-corrected chi connectivity index (χ1v) is 6.84. The van der Waals surface area contributed by atoms with E-state index in [1.54, 1.807) is 18.5 Å². The van der Waals surface area contributed by atoms with Gasteiger partial charge in [0.1, 0.15) is 11.6 Å². The summed E-state index contributed by atoms with van der Waals surface area (Å²) < 4.78 is 5.24. The molecule has 1 aliphatic rings. The summed E-state index contributed by atoms with van der Waals surface area (Å²) in [4.78, 5) is 16.0. The van der Waals surface area contributed by atoms with E-state index in [1.165, 1.54) is 0 Å². The van der Waals surface area contributed by atoms with Gasteiger partial charge in [-0.1, -0.05) is 6.42 Å². The molecule has 0 atom stereocenters. The quantitative estimate of drug-likeness (QED) is 0.877. The van der Waals surface area contributed by atoms with Crippen molar-refractivity contribution in [1.82, 2.24) is 4.98 Å². The molecule has 3 rings (SSSR count). The maximum absolute atomic E-state index is 11.8. The Labute approximate surface area is 117 Å². The van der Waals surface area contributed by atoms with Gasteiger partial charge in [-0.2, -0.15) is 0 Å². The van der Waals surface area contributed by atoms with Gasteiger partial charge in [0.25, 0.3) is 0 Å². The molecule has 0 unspecified atom stereocenters. The summed E-state index contributed by atoms with van der Waals surface area (Å²) in [6.45, 7) is 0.614. The number of rotatable bonds is 5. The Hall–Kier alpha value is -2.30. The molecule has 0 bridgehead atoms. The molecule has 2 aromatic heterocycles. The van der Waals surface area contributed by atoms with Gasteiger partial charge in [0.2, 0.25) is 5.91 Å². The molecular weight excluding hydrogens is 254 g/mol. The number of nitrogens with zero attached hydrogens (tertiary/aromatic N) is 1. The second kappa shape index (κ2) is 5.77. The van der Waals surface area contributed by atoms with Crippen molar-refractivity contribution in [3.63, 3.8) is 0 Å². The predicted octanol–water partition coefficient (Wildman–Crippen LogP) is 3.03. The van der Waals surface area contributed by atoms with Gasteiger partial charge < -0.3 is 15.1 Å². The minimum absolute atomic E-state index is 0.0834. The fraction of sp³-hybridized carbons (Fsp3) is 0.333. The summed E-state index contributed by atoms with van der Waals surface area (Å²) in [5, 5.41) is 6.05. The van der Waals surface area contributed by atoms with E-state index in [9.17, 15) is 4.79 Å². The lowest BCUT2D eigenvalue weighted by molar-refractivity contribution is -0.122. The predicted molar refractivity (Wildman–Crippen MR) is 76.2 cm³/mol. The third-order valence-corrected chi connectivity index (χ3v) is 3.54. The van der Waals surface area contributed by atoms with Crippen LogP contribution in [0.1, 0.15) is 25.0 Å². The van der Waals surface area contributed by atoms with Crippen molar-refractivity contribution in [1.29, 1.82) is 0 Å². The molecule has 5 heteroatoms. The average Bonchev–Trinajstić information content (AvgIpc) is 2.89. The third-order valence-electron chi connectivity index (χ3n) is 3.54. The van der Waals surface area contributed by atoms with Crippen molar-refractivity contribution >= 4 is 17.4 Å². The van der Waals surface area contributed by atoms with Crippen LogP contribution in [0.2, 0.25) is 0 Å². The lowest BCUT2D eigenvalue weighted by Gasteiger charge is -2.23. The first kappa shape index (κ1) is 12.7. The lowest BCUT2D eigenvalue weighted by Crippen LogP contribution is -2.28. The third kappa shape index (κ3) is 2.99. The van der Waals surface area contributed by atoms with E-state index in [0.29, 0.717) is 12.4 Å². The highest BCUT2D eigenvalue weighted by atomic mass is 16.3. The number of carbonyl (C=O) groups is 1. The van der Waals surface area contributed by atoms with Gasteiger partial charge in [0.15, 0.2) is 0 Å². The molecule has 1 aliphatic carbocycles. The van der Waals surface area contributed by atoms with Crippen molar-refractivity contribution < 1.29 is 9.21 Å². The Morgan fingerprint density at radius 3 is 2.85 bits per heavy atom. The average molecular weight is 271 g/mol. The Kier molecular flexibility index (Phi) is 3.67. The lowest BCUT2D eigenvalue weighted by atomic mass is 9.85. The molecule has 5 nitrogen and oxygen atoms in total. The topological polar surface area (TPSA) is 67.2 Å². The van der Waals surface area contributed by atoms with E-state index in [-0.39, 0.29) is 11.8 Å². The summed E-state index contributed by atoms with van der Waals surface area (Å²) in [6, 6.07) is 7.47. The highest BCUT2D eigenvalue weighted by Gasteiger charge is 2.25. The Bertz CT molecular complexity index is 559. The van der Waals surface area contributed by atoms with Gasteiger partial charge >= 0.3 is 0 Å². The summed E-state index contributed by atoms with van der Waals surface area (Å²) in [7, 11) is 0. The smallest absolute Gasteiger partial charge is 0.228 e. The van der Waals surface area contributed by atoms with Crippen LogP contribution in [0.5, 0.6) is 0 Å². The van der Waals surface area contributed by atoms with Gasteiger partial charge in [-0.25, -0.2) is 4.98 Å². The summed E-state index contributed by atoms with van der Waals surface area (Å²) in [6.07, 6.45) is 6.50. The number of amides is 1. The zero-order valence-corrected chi connectivity index (χ0v) is 11.1. The van der Waals surface area contributed by atoms with Gasteiger partial charge in [-0.15, -0.1) is 0 Å². The van der Waals surface area contributed by atoms with E-state index < -0.39 is 0 Å². The van der Waals surface area contributed by atoms with Crippen molar-refractivity contribution in [2.24, 2.45) is 5.92 Å². The van der Waals surface area contributed by atoms with Crippen molar-refractivity contribution in [3.05, 3.63) is 42.5 Å². The number of hydrogen-bond acceptors (Lipinski definition) is 4. The molecule has 2 heterocycles. The zero-order valence-electron chi connectivity index (χ0n) is 11.1. The van der Waals surface area contributed by atoms with Crippen LogP contribution >= 0.6 is 0 Å². The van der Waals surface area contributed by atoms with Crippen LogP contribution in [0, 0.1) is 5.92 Å². The van der Waals surface area contributed by atoms with Crippen molar-refractivity contribution in [3.8, 4) is 0 Å². The molecule has 0 aromatic carbocycles. The summed E-state index contributed by atoms with van der Waals surface area (Å²) in [5.41, 5.74) is 0.892. The molecule has 1 fully saturated rings. The second-order valence-corrected chi connectivity index (χ2v) is 4.98. The van der Waals surface area contributed by atoms with E-state index in [4.69, 9.17) is 4.42 Å². The molecular formula is C15H17N3O2. The number of pyridine rings is 1. The Morgan fingerprint density at radius 2 is 2.25 bits per heavy atom. The van der Waals surface area contributed by atoms with Gasteiger partial charge in [-0.05, 0) is 37.1 Å². The van der Waals surface area contributed by atoms with Crippen LogP contribution < -0.4 is 10.6 Å². The Morgan fingerprint density at radius 1 is 1.35 bits per heavy atom. The molecule has 2 aromatic rings. The van der Waals surface area contributed by atoms with Crippen molar-refractivity contribution in [2.45, 2.75) is 25.8 Å². The normalized spacial score (nSPS) is 14.6. The van der Waals surface area contributed by atoms with E-state index in [1.807, 2.05) is 18.2 Å². The Balaban J connectivity index is 1.52. The SMILES string of the molecule is O=C(Nc1ccc(NCc2ccco2)cn1)C1CCC1. The monoisotopic (exact) mass is 271 g/mol. The van der Waals surface area contributed by atoms with Crippen LogP contribution in [-0.2, 0) is 11.3 Å². The summed E-state index contributed by atoms with van der Waals surface area (Å²) >= 11 is 0. The molecule has 0 aliphatic heterocycles. The van der Waals surface area contributed by atoms with Gasteiger partial charge in [-0.3, -0.25) is 4.79 Å². The standard InChI is InChI=1S/C15H17N3O2/c19-15(11-3-1-4-11)18-14-7-6-12(9-17-14)16-10-13-5-2-8-20-13/h2,5-9,11,16H,1,3-4,10H2,(H,17,18,19). The molecule has 20 heavy (non-hydrogen) atoms. The highest BCUT2D eigenvalue weighted by molar-refractivity contribution is 5.92. The van der Waals surface area contributed by atoms with Gasteiger partial charge in [0, 0.05) is 5.92 Å². The van der Waals surface area contributed by atoms with Crippen molar-refractivity contribution in [2.75, 3.05) is 10.6 Å². The van der Waals surface area contributed by atoms with Crippen LogP contribution in [-0.4, -0.2) is 10.9 Å². The highest BCUT2D eigenvalue weighted by Crippen LogP contribution is 2.27. The number of hydrogen-bond donors (Lipinski definition) is 2. The molecule has 104 valence electrons. The maximum Gasteiger partial charge on any atom is 0.228 e. The minimum Gasteiger partial charge on any atom is -0.467 e. The first-order valence-electron chi connectivity index (χ1n) is 6.84. The minimum atomic E-state index is 0.0834. The fourth-order valence-corrected chi connectivity index (χ4v) is 2.07. The first-order chi connectivity index (χ1) is 9.81. The molecule has 0 spiro atoms. The number of anilines is 2. The number of carbonyl (C=O) groups excluding carboxylic acids is 1. The number of furan rings is 1. The molecule has 2 N–H and O–H groups in total. The van der Waals surface area contributed by atoms with Crippen LogP contribution in [0.25, 0.3) is 0 Å². The van der Waals surface area contributed by atoms with Crippen LogP contribution in [0.4, 0.5) is 11.5 Å². The summed E-state index contributed by atoms with van der Waals surface area (Å²) in [5.74, 6) is 1.73. The number of nitrogens with one attached hydrogen (secondary N) is 2. The maximum atomic E-state index is 11.8. The zero-order chi connectivity index (χ0) is 13.8. The van der Waals surface area contributed by atoms with E-state index >= 15 is 0 Å². The molecule has 0 saturated heterocycles.